The van der Waals surface area contributed by atoms with E-state index < -0.39 is 0 Å². The van der Waals surface area contributed by atoms with Gasteiger partial charge in [-0.2, -0.15) is 0 Å². The number of rotatable bonds is 14. The van der Waals surface area contributed by atoms with Crippen molar-refractivity contribution in [2.24, 2.45) is 17.8 Å². The zero-order chi connectivity index (χ0) is 19.2. The Balaban J connectivity index is 3.57. The van der Waals surface area contributed by atoms with E-state index in [1.54, 1.807) is 0 Å². The Hall–Kier alpha value is -1.06. The molecule has 0 rings (SSSR count). The second-order valence-corrected chi connectivity index (χ2v) is 8.14. The van der Waals surface area contributed by atoms with Crippen molar-refractivity contribution in [1.82, 2.24) is 0 Å². The van der Waals surface area contributed by atoms with Crippen LogP contribution in [-0.4, -0.2) is 24.6 Å². The number of hydrogen-bond donors (Lipinski definition) is 0. The third-order valence-electron chi connectivity index (χ3n) is 4.17. The Labute approximate surface area is 155 Å². The molecule has 0 fully saturated rings. The molecule has 0 amide bonds. The summed E-state index contributed by atoms with van der Waals surface area (Å²) in [4.78, 5) is 23.4. The van der Waals surface area contributed by atoms with E-state index in [-0.39, 0.29) is 18.0 Å². The first kappa shape index (κ1) is 23.9. The topological polar surface area (TPSA) is 52.6 Å². The number of unbranched alkanes of at least 4 members (excludes halogenated alkanes) is 5. The van der Waals surface area contributed by atoms with Crippen LogP contribution in [0.2, 0.25) is 0 Å². The zero-order valence-electron chi connectivity index (χ0n) is 17.3. The number of ether oxygens (including phenoxy) is 2. The summed E-state index contributed by atoms with van der Waals surface area (Å²) in [5.74, 6) is 0.959. The maximum absolute atomic E-state index is 11.9. The fourth-order valence-corrected chi connectivity index (χ4v) is 2.83. The van der Waals surface area contributed by atoms with Gasteiger partial charge in [-0.15, -0.1) is 0 Å². The monoisotopic (exact) mass is 356 g/mol. The van der Waals surface area contributed by atoms with E-state index in [9.17, 15) is 9.59 Å². The highest BCUT2D eigenvalue weighted by Gasteiger charge is 2.21. The van der Waals surface area contributed by atoms with E-state index >= 15 is 0 Å². The summed E-state index contributed by atoms with van der Waals surface area (Å²) in [6.45, 7) is 13.0. The highest BCUT2D eigenvalue weighted by molar-refractivity contribution is 5.69. The molecule has 0 aromatic heterocycles. The Bertz CT molecular complexity index is 353. The Morgan fingerprint density at radius 3 is 1.56 bits per heavy atom. The predicted octanol–water partition coefficient (Wildman–Crippen LogP) is 5.53. The van der Waals surface area contributed by atoms with E-state index in [0.29, 0.717) is 37.2 Å². The summed E-state index contributed by atoms with van der Waals surface area (Å²) < 4.78 is 10.7. The first-order valence-electron chi connectivity index (χ1n) is 10.1. The Morgan fingerprint density at radius 1 is 0.680 bits per heavy atom. The molecule has 148 valence electrons. The third kappa shape index (κ3) is 13.9. The fourth-order valence-electron chi connectivity index (χ4n) is 2.83. The average molecular weight is 357 g/mol. The van der Waals surface area contributed by atoms with Crippen LogP contribution in [0.3, 0.4) is 0 Å². The van der Waals surface area contributed by atoms with Crippen LogP contribution >= 0.6 is 0 Å². The van der Waals surface area contributed by atoms with Crippen molar-refractivity contribution in [2.75, 3.05) is 6.61 Å². The van der Waals surface area contributed by atoms with Crippen LogP contribution < -0.4 is 0 Å². The van der Waals surface area contributed by atoms with E-state index in [0.717, 1.165) is 38.5 Å². The molecule has 4 nitrogen and oxygen atoms in total. The van der Waals surface area contributed by atoms with Crippen molar-refractivity contribution >= 4 is 11.9 Å². The van der Waals surface area contributed by atoms with Crippen LogP contribution in [0.1, 0.15) is 92.9 Å². The van der Waals surface area contributed by atoms with Crippen molar-refractivity contribution in [3.63, 3.8) is 0 Å². The molecule has 0 aliphatic heterocycles. The van der Waals surface area contributed by atoms with Gasteiger partial charge in [-0.3, -0.25) is 9.59 Å². The third-order valence-corrected chi connectivity index (χ3v) is 4.17. The maximum atomic E-state index is 11.9. The molecule has 4 heteroatoms. The van der Waals surface area contributed by atoms with Crippen LogP contribution in [0.15, 0.2) is 0 Å². The van der Waals surface area contributed by atoms with Crippen molar-refractivity contribution in [3.05, 3.63) is 0 Å². The molecule has 0 aromatic carbocycles. The second kappa shape index (κ2) is 14.1. The molecule has 0 aromatic rings. The molecule has 0 radical (unpaired) electrons. The minimum absolute atomic E-state index is 0.0166. The van der Waals surface area contributed by atoms with Crippen molar-refractivity contribution in [3.8, 4) is 0 Å². The highest BCUT2D eigenvalue weighted by atomic mass is 16.5. The number of hydrogen-bond acceptors (Lipinski definition) is 4. The predicted molar refractivity (Wildman–Crippen MR) is 102 cm³/mol. The van der Waals surface area contributed by atoms with Gasteiger partial charge in [-0.05, 0) is 30.6 Å². The number of esters is 2. The molecular formula is C21H40O4. The largest absolute Gasteiger partial charge is 0.465 e. The summed E-state index contributed by atoms with van der Waals surface area (Å²) in [7, 11) is 0. The van der Waals surface area contributed by atoms with Gasteiger partial charge in [0.25, 0.3) is 0 Å². The van der Waals surface area contributed by atoms with Crippen LogP contribution in [0.4, 0.5) is 0 Å². The quantitative estimate of drug-likeness (QED) is 0.303. The van der Waals surface area contributed by atoms with Crippen molar-refractivity contribution in [1.29, 1.82) is 0 Å². The van der Waals surface area contributed by atoms with Gasteiger partial charge in [0.1, 0.15) is 6.10 Å². The zero-order valence-corrected chi connectivity index (χ0v) is 17.3. The van der Waals surface area contributed by atoms with Gasteiger partial charge in [0.15, 0.2) is 0 Å². The number of carbonyl (C=O) groups is 2. The lowest BCUT2D eigenvalue weighted by atomic mass is 9.96. The van der Waals surface area contributed by atoms with Gasteiger partial charge in [-0.25, -0.2) is 0 Å². The van der Waals surface area contributed by atoms with E-state index in [1.807, 2.05) is 13.8 Å². The van der Waals surface area contributed by atoms with Gasteiger partial charge >= 0.3 is 11.9 Å². The SMILES string of the molecule is CC(C)COC(=O)CCCCCCCCC(=O)OC(C(C)C)C(C)C. The second-order valence-electron chi connectivity index (χ2n) is 8.14. The average Bonchev–Trinajstić information content (AvgIpc) is 2.52. The van der Waals surface area contributed by atoms with Gasteiger partial charge in [0, 0.05) is 12.8 Å². The lowest BCUT2D eigenvalue weighted by Crippen LogP contribution is -2.28. The molecule has 0 aliphatic carbocycles. The molecular weight excluding hydrogens is 316 g/mol. The molecule has 0 spiro atoms. The van der Waals surface area contributed by atoms with E-state index in [2.05, 4.69) is 27.7 Å². The van der Waals surface area contributed by atoms with Crippen LogP contribution in [0.5, 0.6) is 0 Å². The highest BCUT2D eigenvalue weighted by Crippen LogP contribution is 2.18. The first-order valence-corrected chi connectivity index (χ1v) is 10.1. The molecule has 0 atom stereocenters. The summed E-state index contributed by atoms with van der Waals surface area (Å²) >= 11 is 0. The minimum atomic E-state index is -0.0821. The summed E-state index contributed by atoms with van der Waals surface area (Å²) in [5.41, 5.74) is 0. The summed E-state index contributed by atoms with van der Waals surface area (Å²) in [5, 5.41) is 0. The minimum Gasteiger partial charge on any atom is -0.465 e. The fraction of sp³-hybridized carbons (Fsp3) is 0.905. The molecule has 0 saturated heterocycles. The molecule has 0 unspecified atom stereocenters. The first-order chi connectivity index (χ1) is 11.7. The lowest BCUT2D eigenvalue weighted by molar-refractivity contribution is -0.154. The molecule has 0 bridgehead atoms. The Kier molecular flexibility index (Phi) is 13.5. The molecule has 0 N–H and O–H groups in total. The molecule has 0 heterocycles. The van der Waals surface area contributed by atoms with Crippen molar-refractivity contribution in [2.45, 2.75) is 99.0 Å². The smallest absolute Gasteiger partial charge is 0.306 e. The normalized spacial score (nSPS) is 11.6. The molecule has 0 saturated carbocycles. The maximum Gasteiger partial charge on any atom is 0.306 e. The van der Waals surface area contributed by atoms with Gasteiger partial charge in [0.2, 0.25) is 0 Å². The summed E-state index contributed by atoms with van der Waals surface area (Å²) in [6.07, 6.45) is 7.12. The van der Waals surface area contributed by atoms with E-state index in [1.165, 1.54) is 0 Å². The van der Waals surface area contributed by atoms with Gasteiger partial charge in [0.05, 0.1) is 6.61 Å². The molecule has 0 aliphatic rings. The lowest BCUT2D eigenvalue weighted by Gasteiger charge is -2.24. The van der Waals surface area contributed by atoms with Gasteiger partial charge < -0.3 is 9.47 Å². The van der Waals surface area contributed by atoms with Crippen LogP contribution in [0.25, 0.3) is 0 Å². The number of carbonyl (C=O) groups excluding carboxylic acids is 2. The standard InChI is InChI=1S/C21H40O4/c1-16(2)15-24-19(22)13-11-9-7-8-10-12-14-20(23)25-21(17(3)4)18(5)6/h16-18,21H,7-15H2,1-6H3. The van der Waals surface area contributed by atoms with Crippen molar-refractivity contribution < 1.29 is 19.1 Å². The van der Waals surface area contributed by atoms with Gasteiger partial charge in [-0.1, -0.05) is 67.2 Å². The van der Waals surface area contributed by atoms with Crippen LogP contribution in [0, 0.1) is 17.8 Å². The van der Waals surface area contributed by atoms with E-state index in [4.69, 9.17) is 9.47 Å². The molecule has 25 heavy (non-hydrogen) atoms. The Morgan fingerprint density at radius 2 is 1.12 bits per heavy atom. The summed E-state index contributed by atoms with van der Waals surface area (Å²) in [6, 6.07) is 0. The van der Waals surface area contributed by atoms with Crippen LogP contribution in [-0.2, 0) is 19.1 Å².